The average molecular weight is 349 g/mol. The Morgan fingerprint density at radius 2 is 2.04 bits per heavy atom. The number of hydrogen-bond donors (Lipinski definition) is 1. The van der Waals surface area contributed by atoms with Gasteiger partial charge >= 0.3 is 0 Å². The molecule has 1 unspecified atom stereocenters. The second-order valence-corrected chi connectivity index (χ2v) is 6.35. The van der Waals surface area contributed by atoms with Crippen molar-refractivity contribution in [3.63, 3.8) is 0 Å². The fourth-order valence-corrected chi connectivity index (χ4v) is 3.21. The van der Waals surface area contributed by atoms with Gasteiger partial charge in [0, 0.05) is 38.2 Å². The van der Waals surface area contributed by atoms with Crippen molar-refractivity contribution in [1.29, 1.82) is 0 Å². The van der Waals surface area contributed by atoms with Crippen LogP contribution in [0.2, 0.25) is 0 Å². The Morgan fingerprint density at radius 1 is 1.24 bits per heavy atom. The van der Waals surface area contributed by atoms with Crippen LogP contribution in [-0.2, 0) is 9.57 Å². The van der Waals surface area contributed by atoms with Crippen LogP contribution < -0.4 is 10.4 Å². The lowest BCUT2D eigenvalue weighted by Crippen LogP contribution is -2.35. The quantitative estimate of drug-likeness (QED) is 0.649. The first-order chi connectivity index (χ1) is 12.1. The fraction of sp³-hybridized carbons (Fsp3) is 0.588. The van der Waals surface area contributed by atoms with Gasteiger partial charge in [0.25, 0.3) is 11.6 Å². The van der Waals surface area contributed by atoms with Crippen molar-refractivity contribution >= 4 is 17.3 Å². The van der Waals surface area contributed by atoms with E-state index in [1.54, 1.807) is 6.07 Å². The van der Waals surface area contributed by atoms with Crippen LogP contribution in [0.1, 0.15) is 48.9 Å². The second-order valence-electron chi connectivity index (χ2n) is 6.35. The van der Waals surface area contributed by atoms with E-state index in [1.807, 2.05) is 0 Å². The third-order valence-electron chi connectivity index (χ3n) is 4.55. The number of piperidine rings is 1. The van der Waals surface area contributed by atoms with Gasteiger partial charge in [-0.1, -0.05) is 0 Å². The van der Waals surface area contributed by atoms with E-state index in [0.717, 1.165) is 45.2 Å². The van der Waals surface area contributed by atoms with Gasteiger partial charge in [0.1, 0.15) is 0 Å². The van der Waals surface area contributed by atoms with Crippen molar-refractivity contribution in [3.05, 3.63) is 33.9 Å². The van der Waals surface area contributed by atoms with Gasteiger partial charge in [-0.3, -0.25) is 14.9 Å². The van der Waals surface area contributed by atoms with Gasteiger partial charge in [-0.25, -0.2) is 10.3 Å². The van der Waals surface area contributed by atoms with E-state index in [-0.39, 0.29) is 11.3 Å². The third-order valence-corrected chi connectivity index (χ3v) is 4.55. The highest BCUT2D eigenvalue weighted by Crippen LogP contribution is 2.28. The van der Waals surface area contributed by atoms with Crippen LogP contribution in [0.4, 0.5) is 11.4 Å². The van der Waals surface area contributed by atoms with Gasteiger partial charge in [-0.15, -0.1) is 0 Å². The van der Waals surface area contributed by atoms with Crippen molar-refractivity contribution in [2.45, 2.75) is 44.8 Å². The summed E-state index contributed by atoms with van der Waals surface area (Å²) in [4.78, 5) is 30.6. The molecule has 1 aromatic carbocycles. The van der Waals surface area contributed by atoms with E-state index < -0.39 is 17.1 Å². The maximum atomic E-state index is 12.6. The smallest absolute Gasteiger partial charge is 0.277 e. The van der Waals surface area contributed by atoms with Gasteiger partial charge in [0.05, 0.1) is 16.2 Å². The number of non-ortho nitro benzene ring substituents is 1. The number of nitrogens with one attached hydrogen (secondary N) is 1. The summed E-state index contributed by atoms with van der Waals surface area (Å²) in [5.74, 6) is -0.488. The molecule has 1 atom stereocenters. The number of benzene rings is 1. The minimum absolute atomic E-state index is 0.111. The number of rotatable bonds is 5. The van der Waals surface area contributed by atoms with Crippen LogP contribution in [0.15, 0.2) is 18.2 Å². The van der Waals surface area contributed by atoms with E-state index in [9.17, 15) is 14.9 Å². The predicted molar refractivity (Wildman–Crippen MR) is 91.3 cm³/mol. The van der Waals surface area contributed by atoms with E-state index in [1.165, 1.54) is 12.1 Å². The van der Waals surface area contributed by atoms with E-state index in [2.05, 4.69) is 10.4 Å². The number of nitro groups is 1. The molecule has 8 heteroatoms. The highest BCUT2D eigenvalue weighted by molar-refractivity contribution is 6.00. The molecule has 1 amide bonds. The van der Waals surface area contributed by atoms with Crippen LogP contribution in [0.25, 0.3) is 0 Å². The van der Waals surface area contributed by atoms with Crippen molar-refractivity contribution in [1.82, 2.24) is 5.48 Å². The summed E-state index contributed by atoms with van der Waals surface area (Å²) in [6.07, 6.45) is 5.47. The third kappa shape index (κ3) is 4.46. The lowest BCUT2D eigenvalue weighted by Gasteiger charge is -2.30. The number of carbonyl (C=O) groups is 1. The van der Waals surface area contributed by atoms with Gasteiger partial charge in [0.15, 0.2) is 6.29 Å². The number of nitro benzene ring substituents is 1. The number of hydroxylamine groups is 1. The van der Waals surface area contributed by atoms with E-state index >= 15 is 0 Å². The maximum absolute atomic E-state index is 12.6. The normalized spacial score (nSPS) is 21.0. The first-order valence-electron chi connectivity index (χ1n) is 8.76. The molecule has 1 aromatic rings. The van der Waals surface area contributed by atoms with E-state index in [0.29, 0.717) is 18.7 Å². The number of hydrogen-bond acceptors (Lipinski definition) is 6. The van der Waals surface area contributed by atoms with Crippen LogP contribution in [0, 0.1) is 10.1 Å². The van der Waals surface area contributed by atoms with Gasteiger partial charge in [0.2, 0.25) is 0 Å². The van der Waals surface area contributed by atoms with Gasteiger partial charge in [-0.2, -0.15) is 0 Å². The number of carbonyl (C=O) groups excluding carboxylic acids is 1. The van der Waals surface area contributed by atoms with Crippen LogP contribution >= 0.6 is 0 Å². The van der Waals surface area contributed by atoms with Crippen LogP contribution in [0.5, 0.6) is 0 Å². The lowest BCUT2D eigenvalue weighted by molar-refractivity contribution is -0.384. The van der Waals surface area contributed by atoms with Crippen LogP contribution in [0.3, 0.4) is 0 Å². The molecule has 2 aliphatic heterocycles. The molecule has 0 aliphatic carbocycles. The van der Waals surface area contributed by atoms with Crippen molar-refractivity contribution < 1.29 is 19.3 Å². The van der Waals surface area contributed by atoms with E-state index in [4.69, 9.17) is 9.57 Å². The molecule has 0 spiro atoms. The SMILES string of the molecule is O=C(NOC1CCCCO1)c1cc([N+](=O)[O-])ccc1N1CCCCC1. The highest BCUT2D eigenvalue weighted by Gasteiger charge is 2.23. The van der Waals surface area contributed by atoms with Crippen LogP contribution in [-0.4, -0.2) is 36.8 Å². The Bertz CT molecular complexity index is 625. The Kier molecular flexibility index (Phi) is 5.83. The summed E-state index contributed by atoms with van der Waals surface area (Å²) in [6, 6.07) is 4.39. The largest absolute Gasteiger partial charge is 0.371 e. The maximum Gasteiger partial charge on any atom is 0.277 e. The topological polar surface area (TPSA) is 93.9 Å². The molecule has 3 rings (SSSR count). The van der Waals surface area contributed by atoms with Gasteiger partial charge in [-0.05, 0) is 38.2 Å². The Morgan fingerprint density at radius 3 is 2.72 bits per heavy atom. The first kappa shape index (κ1) is 17.6. The number of amides is 1. The van der Waals surface area contributed by atoms with Crippen molar-refractivity contribution in [2.75, 3.05) is 24.6 Å². The zero-order chi connectivity index (χ0) is 17.6. The molecule has 2 aliphatic rings. The van der Waals surface area contributed by atoms with Crippen molar-refractivity contribution in [2.24, 2.45) is 0 Å². The first-order valence-corrected chi connectivity index (χ1v) is 8.76. The summed E-state index contributed by atoms with van der Waals surface area (Å²) >= 11 is 0. The summed E-state index contributed by atoms with van der Waals surface area (Å²) in [7, 11) is 0. The molecule has 136 valence electrons. The summed E-state index contributed by atoms with van der Waals surface area (Å²) in [6.45, 7) is 2.28. The molecule has 0 aromatic heterocycles. The average Bonchev–Trinajstić information content (AvgIpc) is 2.67. The number of nitrogens with zero attached hydrogens (tertiary/aromatic N) is 2. The molecule has 2 heterocycles. The summed E-state index contributed by atoms with van der Waals surface area (Å²) in [5.41, 5.74) is 3.25. The zero-order valence-electron chi connectivity index (χ0n) is 14.1. The number of anilines is 1. The zero-order valence-corrected chi connectivity index (χ0v) is 14.1. The molecule has 2 saturated heterocycles. The number of ether oxygens (including phenoxy) is 1. The molecule has 2 fully saturated rings. The minimum atomic E-state index is -0.498. The van der Waals surface area contributed by atoms with Crippen molar-refractivity contribution in [3.8, 4) is 0 Å². The standard InChI is InChI=1S/C17H23N3O5/c21-17(18-25-16-6-2-5-11-24-16)14-12-13(20(22)23)7-8-15(14)19-9-3-1-4-10-19/h7-8,12,16H,1-6,9-11H2,(H,18,21). The van der Waals surface area contributed by atoms with Gasteiger partial charge < -0.3 is 9.64 Å². The fourth-order valence-electron chi connectivity index (χ4n) is 3.21. The Hall–Kier alpha value is -2.19. The summed E-state index contributed by atoms with van der Waals surface area (Å²) < 4.78 is 5.42. The monoisotopic (exact) mass is 349 g/mol. The molecular weight excluding hydrogens is 326 g/mol. The lowest BCUT2D eigenvalue weighted by atomic mass is 10.1. The summed E-state index contributed by atoms with van der Waals surface area (Å²) in [5, 5.41) is 11.1. The minimum Gasteiger partial charge on any atom is -0.371 e. The molecule has 0 radical (unpaired) electrons. The Balaban J connectivity index is 1.76. The molecule has 1 N–H and O–H groups in total. The molecule has 25 heavy (non-hydrogen) atoms. The molecular formula is C17H23N3O5. The highest BCUT2D eigenvalue weighted by atomic mass is 16.8. The molecule has 0 saturated carbocycles. The predicted octanol–water partition coefficient (Wildman–Crippen LogP) is 2.77. The Labute approximate surface area is 146 Å². The molecule has 0 bridgehead atoms. The second kappa shape index (κ2) is 8.26. The molecule has 8 nitrogen and oxygen atoms in total.